The Morgan fingerprint density at radius 3 is 2.65 bits per heavy atom. The molecule has 11 heteroatoms. The van der Waals surface area contributed by atoms with Crippen LogP contribution in [0.1, 0.15) is 11.3 Å². The number of anilines is 2. The maximum absolute atomic E-state index is 13.8. The average molecular weight is 473 g/mol. The van der Waals surface area contributed by atoms with E-state index in [4.69, 9.17) is 14.6 Å². The Balaban J connectivity index is 1.62. The smallest absolute Gasteiger partial charge is 0.420 e. The van der Waals surface area contributed by atoms with Crippen LogP contribution in [0.3, 0.4) is 0 Å². The zero-order valence-electron chi connectivity index (χ0n) is 18.2. The fraction of sp³-hybridized carbons (Fsp3) is 0.261. The molecule has 2 N–H and O–H groups in total. The summed E-state index contributed by atoms with van der Waals surface area (Å²) in [6, 6.07) is 8.71. The number of aromatic nitrogens is 4. The lowest BCUT2D eigenvalue weighted by Crippen LogP contribution is -2.10. The van der Waals surface area contributed by atoms with Gasteiger partial charge in [0.25, 0.3) is 0 Å². The van der Waals surface area contributed by atoms with Gasteiger partial charge in [-0.15, -0.1) is 0 Å². The molecule has 8 nitrogen and oxygen atoms in total. The standard InChI is InChI=1S/C23H22F3N5O3/c1-15-2-4-17(13-27-15)34-20-5-3-16(12-18(20)23(24,25)26)30-22-21-19(28-14-29-22)6-7-31(21)8-10-33-11-9-32/h2-7,12-14,32H,8-11H2,1H3,(H,28,29,30). The maximum Gasteiger partial charge on any atom is 0.420 e. The van der Waals surface area contributed by atoms with Gasteiger partial charge in [0, 0.05) is 24.1 Å². The van der Waals surface area contributed by atoms with E-state index in [0.29, 0.717) is 30.0 Å². The number of alkyl halides is 3. The van der Waals surface area contributed by atoms with Crippen molar-refractivity contribution in [2.24, 2.45) is 0 Å². The van der Waals surface area contributed by atoms with Gasteiger partial charge in [-0.2, -0.15) is 13.2 Å². The number of nitrogens with zero attached hydrogens (tertiary/aromatic N) is 4. The first kappa shape index (κ1) is 23.5. The molecule has 0 spiro atoms. The normalized spacial score (nSPS) is 11.7. The lowest BCUT2D eigenvalue weighted by atomic mass is 10.1. The summed E-state index contributed by atoms with van der Waals surface area (Å²) < 4.78 is 54.1. The molecule has 34 heavy (non-hydrogen) atoms. The Kier molecular flexibility index (Phi) is 6.94. The number of ether oxygens (including phenoxy) is 2. The second-order valence-electron chi connectivity index (χ2n) is 7.37. The van der Waals surface area contributed by atoms with E-state index in [-0.39, 0.29) is 30.4 Å². The molecule has 0 radical (unpaired) electrons. The van der Waals surface area contributed by atoms with Crippen molar-refractivity contribution in [3.63, 3.8) is 0 Å². The number of aliphatic hydroxyl groups is 1. The first-order chi connectivity index (χ1) is 16.3. The van der Waals surface area contributed by atoms with Gasteiger partial charge in [0.1, 0.15) is 28.9 Å². The molecular weight excluding hydrogens is 451 g/mol. The van der Waals surface area contributed by atoms with Crippen molar-refractivity contribution in [1.29, 1.82) is 0 Å². The van der Waals surface area contributed by atoms with E-state index in [1.807, 2.05) is 4.57 Å². The molecule has 0 atom stereocenters. The zero-order chi connectivity index (χ0) is 24.1. The monoisotopic (exact) mass is 473 g/mol. The van der Waals surface area contributed by atoms with Crippen LogP contribution in [0.5, 0.6) is 11.5 Å². The highest BCUT2D eigenvalue weighted by atomic mass is 19.4. The number of nitrogens with one attached hydrogen (secondary N) is 1. The van der Waals surface area contributed by atoms with Gasteiger partial charge in [0.15, 0.2) is 5.82 Å². The summed E-state index contributed by atoms with van der Waals surface area (Å²) in [6.07, 6.45) is -0.140. The minimum Gasteiger partial charge on any atom is -0.455 e. The van der Waals surface area contributed by atoms with Gasteiger partial charge in [-0.25, -0.2) is 9.97 Å². The molecule has 0 aliphatic carbocycles. The van der Waals surface area contributed by atoms with Crippen molar-refractivity contribution in [2.75, 3.05) is 25.1 Å². The fourth-order valence-electron chi connectivity index (χ4n) is 3.34. The highest BCUT2D eigenvalue weighted by Gasteiger charge is 2.35. The van der Waals surface area contributed by atoms with Crippen molar-refractivity contribution < 1.29 is 27.8 Å². The van der Waals surface area contributed by atoms with E-state index in [9.17, 15) is 13.2 Å². The van der Waals surface area contributed by atoms with Crippen LogP contribution in [0.4, 0.5) is 24.7 Å². The molecule has 178 valence electrons. The molecule has 0 bridgehead atoms. The lowest BCUT2D eigenvalue weighted by Gasteiger charge is -2.16. The molecule has 4 aromatic rings. The fourth-order valence-corrected chi connectivity index (χ4v) is 3.34. The van der Waals surface area contributed by atoms with Crippen molar-refractivity contribution >= 4 is 22.5 Å². The van der Waals surface area contributed by atoms with E-state index < -0.39 is 11.7 Å². The summed E-state index contributed by atoms with van der Waals surface area (Å²) >= 11 is 0. The van der Waals surface area contributed by atoms with Crippen molar-refractivity contribution in [2.45, 2.75) is 19.6 Å². The van der Waals surface area contributed by atoms with Crippen LogP contribution in [0.2, 0.25) is 0 Å². The van der Waals surface area contributed by atoms with E-state index in [1.54, 1.807) is 31.3 Å². The van der Waals surface area contributed by atoms with Crippen molar-refractivity contribution in [3.05, 3.63) is 66.4 Å². The summed E-state index contributed by atoms with van der Waals surface area (Å²) in [5, 5.41) is 11.8. The molecule has 4 rings (SSSR count). The second-order valence-corrected chi connectivity index (χ2v) is 7.37. The van der Waals surface area contributed by atoms with Crippen LogP contribution in [-0.4, -0.2) is 44.4 Å². The minimum atomic E-state index is -4.64. The van der Waals surface area contributed by atoms with Crippen molar-refractivity contribution in [3.8, 4) is 11.5 Å². The van der Waals surface area contributed by atoms with Crippen LogP contribution in [0.15, 0.2) is 55.1 Å². The second kappa shape index (κ2) is 10.1. The van der Waals surface area contributed by atoms with E-state index in [1.165, 1.54) is 24.7 Å². The highest BCUT2D eigenvalue weighted by Crippen LogP contribution is 2.40. The Morgan fingerprint density at radius 2 is 1.91 bits per heavy atom. The summed E-state index contributed by atoms with van der Waals surface area (Å²) in [4.78, 5) is 12.5. The van der Waals surface area contributed by atoms with Gasteiger partial charge >= 0.3 is 6.18 Å². The van der Waals surface area contributed by atoms with Crippen LogP contribution in [-0.2, 0) is 17.5 Å². The maximum atomic E-state index is 13.8. The third kappa shape index (κ3) is 5.43. The molecular formula is C23H22F3N5O3. The molecule has 0 unspecified atom stereocenters. The molecule has 0 aliphatic heterocycles. The van der Waals surface area contributed by atoms with Crippen LogP contribution in [0, 0.1) is 6.92 Å². The minimum absolute atomic E-state index is 0.0793. The van der Waals surface area contributed by atoms with E-state index in [2.05, 4.69) is 20.3 Å². The van der Waals surface area contributed by atoms with Gasteiger partial charge < -0.3 is 24.5 Å². The first-order valence-electron chi connectivity index (χ1n) is 10.4. The van der Waals surface area contributed by atoms with Crippen LogP contribution in [0.25, 0.3) is 11.0 Å². The number of aryl methyl sites for hydroxylation is 1. The number of pyridine rings is 1. The van der Waals surface area contributed by atoms with Gasteiger partial charge in [0.05, 0.1) is 31.5 Å². The Hall–Kier alpha value is -3.70. The quantitative estimate of drug-likeness (QED) is 0.340. The summed E-state index contributed by atoms with van der Waals surface area (Å²) in [6.45, 7) is 2.71. The third-order valence-corrected chi connectivity index (χ3v) is 4.92. The number of hydrogen-bond acceptors (Lipinski definition) is 7. The average Bonchev–Trinajstić information content (AvgIpc) is 3.23. The van der Waals surface area contributed by atoms with Gasteiger partial charge in [-0.05, 0) is 43.3 Å². The van der Waals surface area contributed by atoms with Gasteiger partial charge in [0.2, 0.25) is 0 Å². The number of halogens is 3. The number of hydrogen-bond donors (Lipinski definition) is 2. The van der Waals surface area contributed by atoms with E-state index in [0.717, 1.165) is 11.8 Å². The van der Waals surface area contributed by atoms with Crippen LogP contribution < -0.4 is 10.1 Å². The number of benzene rings is 1. The zero-order valence-corrected chi connectivity index (χ0v) is 18.2. The Labute approximate surface area is 193 Å². The molecule has 1 aromatic carbocycles. The van der Waals surface area contributed by atoms with E-state index >= 15 is 0 Å². The van der Waals surface area contributed by atoms with Crippen LogP contribution >= 0.6 is 0 Å². The number of aliphatic hydroxyl groups excluding tert-OH is 1. The predicted molar refractivity (Wildman–Crippen MR) is 119 cm³/mol. The van der Waals surface area contributed by atoms with Gasteiger partial charge in [-0.3, -0.25) is 4.98 Å². The number of rotatable bonds is 9. The predicted octanol–water partition coefficient (Wildman–Crippen LogP) is 4.70. The molecule has 3 aromatic heterocycles. The molecule has 3 heterocycles. The molecule has 0 fully saturated rings. The molecule has 0 saturated heterocycles. The molecule has 0 amide bonds. The topological polar surface area (TPSA) is 94.3 Å². The molecule has 0 aliphatic rings. The van der Waals surface area contributed by atoms with Crippen molar-refractivity contribution in [1.82, 2.24) is 19.5 Å². The summed E-state index contributed by atoms with van der Waals surface area (Å²) in [7, 11) is 0. The third-order valence-electron chi connectivity index (χ3n) is 4.92. The SMILES string of the molecule is Cc1ccc(Oc2ccc(Nc3ncnc4ccn(CCOCCO)c34)cc2C(F)(F)F)cn1. The largest absolute Gasteiger partial charge is 0.455 e. The Morgan fingerprint density at radius 1 is 1.06 bits per heavy atom. The van der Waals surface area contributed by atoms with Gasteiger partial charge in [-0.1, -0.05) is 0 Å². The highest BCUT2D eigenvalue weighted by molar-refractivity contribution is 5.88. The first-order valence-corrected chi connectivity index (χ1v) is 10.4. The molecule has 0 saturated carbocycles. The summed E-state index contributed by atoms with van der Waals surface area (Å²) in [5.41, 5.74) is 1.23. The lowest BCUT2D eigenvalue weighted by molar-refractivity contribution is -0.138. The summed E-state index contributed by atoms with van der Waals surface area (Å²) in [5.74, 6) is 0.221. The number of fused-ring (bicyclic) bond motifs is 1. The Bertz CT molecular complexity index is 1260.